The van der Waals surface area contributed by atoms with Crippen LogP contribution in [-0.2, 0) is 4.79 Å². The van der Waals surface area contributed by atoms with Crippen LogP contribution in [0.4, 0.5) is 14.9 Å². The molecule has 1 saturated carbocycles. The van der Waals surface area contributed by atoms with Crippen molar-refractivity contribution in [2.75, 3.05) is 44.2 Å². The lowest BCUT2D eigenvalue weighted by molar-refractivity contribution is -0.132. The second-order valence-electron chi connectivity index (χ2n) is 8.05. The zero-order chi connectivity index (χ0) is 19.7. The fourth-order valence-electron chi connectivity index (χ4n) is 4.57. The summed E-state index contributed by atoms with van der Waals surface area (Å²) in [6, 6.07) is 6.08. The number of nitrogens with zero attached hydrogens (tertiary/aromatic N) is 3. The number of anilines is 1. The number of benzene rings is 1. The van der Waals surface area contributed by atoms with Crippen LogP contribution in [0.3, 0.4) is 0 Å². The van der Waals surface area contributed by atoms with Gasteiger partial charge in [0.15, 0.2) is 0 Å². The van der Waals surface area contributed by atoms with Gasteiger partial charge in [-0.15, -0.1) is 0 Å². The maximum Gasteiger partial charge on any atom is 0.325 e. The zero-order valence-electron chi connectivity index (χ0n) is 15.9. The summed E-state index contributed by atoms with van der Waals surface area (Å²) in [7, 11) is 0. The van der Waals surface area contributed by atoms with Crippen LogP contribution >= 0.6 is 0 Å². The van der Waals surface area contributed by atoms with E-state index in [0.717, 1.165) is 44.7 Å². The van der Waals surface area contributed by atoms with Gasteiger partial charge in [0.2, 0.25) is 0 Å². The van der Waals surface area contributed by atoms with Crippen LogP contribution in [0.2, 0.25) is 0 Å². The number of amides is 3. The van der Waals surface area contributed by atoms with Crippen molar-refractivity contribution < 1.29 is 19.1 Å². The molecule has 152 valence electrons. The number of carbonyl (C=O) groups excluding carboxylic acids is 2. The number of halogens is 1. The van der Waals surface area contributed by atoms with E-state index in [2.05, 4.69) is 15.1 Å². The van der Waals surface area contributed by atoms with Gasteiger partial charge in [-0.1, -0.05) is 12.8 Å². The number of carbonyl (C=O) groups is 2. The number of imide groups is 1. The highest BCUT2D eigenvalue weighted by Crippen LogP contribution is 2.35. The summed E-state index contributed by atoms with van der Waals surface area (Å²) in [6.07, 6.45) is 2.50. The highest BCUT2D eigenvalue weighted by molar-refractivity contribution is 6.07. The van der Waals surface area contributed by atoms with E-state index in [4.69, 9.17) is 0 Å². The van der Waals surface area contributed by atoms with Gasteiger partial charge >= 0.3 is 6.03 Å². The van der Waals surface area contributed by atoms with Crippen LogP contribution in [0.15, 0.2) is 24.3 Å². The summed E-state index contributed by atoms with van der Waals surface area (Å²) in [4.78, 5) is 30.4. The molecule has 28 heavy (non-hydrogen) atoms. The number of nitrogens with one attached hydrogen (secondary N) is 1. The summed E-state index contributed by atoms with van der Waals surface area (Å²) < 4.78 is 13.1. The Hall–Kier alpha value is -2.19. The Morgan fingerprint density at radius 3 is 2.32 bits per heavy atom. The highest BCUT2D eigenvalue weighted by Gasteiger charge is 2.52. The van der Waals surface area contributed by atoms with Crippen LogP contribution in [0, 0.1) is 5.82 Å². The number of β-amino-alcohol motifs (C(OH)–C–C–N with tert-alkyl or cyclic N) is 1. The van der Waals surface area contributed by atoms with Gasteiger partial charge in [-0.25, -0.2) is 9.18 Å². The number of piperazine rings is 1. The molecule has 7 nitrogen and oxygen atoms in total. The van der Waals surface area contributed by atoms with E-state index in [0.29, 0.717) is 19.4 Å². The van der Waals surface area contributed by atoms with Crippen LogP contribution in [-0.4, -0.2) is 77.8 Å². The molecule has 4 rings (SSSR count). The molecule has 2 aliphatic heterocycles. The number of hydrogen-bond acceptors (Lipinski definition) is 5. The van der Waals surface area contributed by atoms with Gasteiger partial charge in [0.25, 0.3) is 5.91 Å². The Balaban J connectivity index is 1.27. The third kappa shape index (κ3) is 3.71. The summed E-state index contributed by atoms with van der Waals surface area (Å²) >= 11 is 0. The molecule has 1 atom stereocenters. The number of hydrogen-bond donors (Lipinski definition) is 2. The van der Waals surface area contributed by atoms with E-state index in [1.807, 2.05) is 0 Å². The van der Waals surface area contributed by atoms with Crippen LogP contribution in [0.25, 0.3) is 0 Å². The smallest absolute Gasteiger partial charge is 0.325 e. The first-order chi connectivity index (χ1) is 13.5. The molecule has 2 saturated heterocycles. The lowest BCUT2D eigenvalue weighted by Crippen LogP contribution is -2.51. The predicted molar refractivity (Wildman–Crippen MR) is 103 cm³/mol. The second-order valence-corrected chi connectivity index (χ2v) is 8.05. The van der Waals surface area contributed by atoms with Gasteiger partial charge in [0.1, 0.15) is 11.4 Å². The summed E-state index contributed by atoms with van der Waals surface area (Å²) in [5.41, 5.74) is 0.264. The molecule has 3 amide bonds. The quantitative estimate of drug-likeness (QED) is 0.739. The van der Waals surface area contributed by atoms with E-state index in [1.54, 1.807) is 12.1 Å². The molecule has 8 heteroatoms. The van der Waals surface area contributed by atoms with Gasteiger partial charge in [-0.3, -0.25) is 14.6 Å². The molecule has 2 N–H and O–H groups in total. The number of aliphatic hydroxyl groups is 1. The molecule has 0 unspecified atom stereocenters. The molecular formula is C20H27FN4O3. The molecular weight excluding hydrogens is 363 g/mol. The Labute approximate surface area is 164 Å². The number of aliphatic hydroxyl groups excluding tert-OH is 1. The van der Waals surface area contributed by atoms with Crippen molar-refractivity contribution in [3.8, 4) is 0 Å². The van der Waals surface area contributed by atoms with E-state index >= 15 is 0 Å². The maximum atomic E-state index is 13.1. The van der Waals surface area contributed by atoms with Gasteiger partial charge < -0.3 is 15.3 Å². The number of urea groups is 1. The SMILES string of the molecule is O=C1NC2(CCCC2)C(=O)N1C[C@H](O)CN1CCN(c2ccc(F)cc2)CC1. The lowest BCUT2D eigenvalue weighted by Gasteiger charge is -2.37. The minimum Gasteiger partial charge on any atom is -0.390 e. The third-order valence-electron chi connectivity index (χ3n) is 6.13. The van der Waals surface area contributed by atoms with Crippen LogP contribution < -0.4 is 10.2 Å². The highest BCUT2D eigenvalue weighted by atomic mass is 19.1. The van der Waals surface area contributed by atoms with Gasteiger partial charge in [-0.2, -0.15) is 0 Å². The first-order valence-electron chi connectivity index (χ1n) is 10.0. The Kier molecular flexibility index (Phi) is 5.25. The predicted octanol–water partition coefficient (Wildman–Crippen LogP) is 1.17. The Morgan fingerprint density at radius 1 is 1.04 bits per heavy atom. The Morgan fingerprint density at radius 2 is 1.68 bits per heavy atom. The van der Waals surface area contributed by atoms with Crippen molar-refractivity contribution in [1.29, 1.82) is 0 Å². The van der Waals surface area contributed by atoms with Gasteiger partial charge in [0, 0.05) is 38.4 Å². The molecule has 1 spiro atoms. The summed E-state index contributed by atoms with van der Waals surface area (Å²) in [5, 5.41) is 13.3. The van der Waals surface area contributed by atoms with Crippen molar-refractivity contribution in [2.45, 2.75) is 37.3 Å². The van der Waals surface area contributed by atoms with E-state index in [9.17, 15) is 19.1 Å². The molecule has 2 heterocycles. The molecule has 0 radical (unpaired) electrons. The van der Waals surface area contributed by atoms with Crippen molar-refractivity contribution >= 4 is 17.6 Å². The first-order valence-corrected chi connectivity index (χ1v) is 10.0. The fourth-order valence-corrected chi connectivity index (χ4v) is 4.57. The fraction of sp³-hybridized carbons (Fsp3) is 0.600. The van der Waals surface area contributed by atoms with E-state index < -0.39 is 11.6 Å². The van der Waals surface area contributed by atoms with E-state index in [1.165, 1.54) is 17.0 Å². The normalized spacial score (nSPS) is 23.5. The minimum absolute atomic E-state index is 0.0323. The third-order valence-corrected chi connectivity index (χ3v) is 6.13. The number of rotatable bonds is 5. The van der Waals surface area contributed by atoms with Crippen molar-refractivity contribution in [1.82, 2.24) is 15.1 Å². The Bertz CT molecular complexity index is 727. The largest absolute Gasteiger partial charge is 0.390 e. The lowest BCUT2D eigenvalue weighted by atomic mass is 9.98. The first kappa shape index (κ1) is 19.1. The maximum absolute atomic E-state index is 13.1. The van der Waals surface area contributed by atoms with E-state index in [-0.39, 0.29) is 24.3 Å². The van der Waals surface area contributed by atoms with Crippen molar-refractivity contribution in [3.05, 3.63) is 30.1 Å². The molecule has 1 aliphatic carbocycles. The molecule has 0 aromatic heterocycles. The second kappa shape index (κ2) is 7.67. The monoisotopic (exact) mass is 390 g/mol. The van der Waals surface area contributed by atoms with Gasteiger partial charge in [-0.05, 0) is 37.1 Å². The molecule has 0 bridgehead atoms. The topological polar surface area (TPSA) is 76.1 Å². The standard InChI is InChI=1S/C20H27FN4O3/c21-15-3-5-16(6-4-15)24-11-9-23(10-12-24)13-17(26)14-25-18(27)20(22-19(25)28)7-1-2-8-20/h3-6,17,26H,1-2,7-14H2,(H,22,28)/t17-/m1/s1. The van der Waals surface area contributed by atoms with Crippen molar-refractivity contribution in [3.63, 3.8) is 0 Å². The van der Waals surface area contributed by atoms with Gasteiger partial charge in [0.05, 0.1) is 12.6 Å². The summed E-state index contributed by atoms with van der Waals surface area (Å²) in [5.74, 6) is -0.430. The zero-order valence-corrected chi connectivity index (χ0v) is 15.9. The summed E-state index contributed by atoms with van der Waals surface area (Å²) in [6.45, 7) is 3.54. The molecule has 3 aliphatic rings. The molecule has 1 aromatic carbocycles. The molecule has 3 fully saturated rings. The molecule has 1 aromatic rings. The van der Waals surface area contributed by atoms with Crippen LogP contribution in [0.5, 0.6) is 0 Å². The van der Waals surface area contributed by atoms with Crippen molar-refractivity contribution in [2.24, 2.45) is 0 Å². The average molecular weight is 390 g/mol. The minimum atomic E-state index is -0.774. The van der Waals surface area contributed by atoms with Crippen LogP contribution in [0.1, 0.15) is 25.7 Å². The average Bonchev–Trinajstić information content (AvgIpc) is 3.24.